The molecule has 0 radical (unpaired) electrons. The number of hydrogen-bond donors (Lipinski definition) is 2. The molecule has 1 aromatic heterocycles. The fourth-order valence-electron chi connectivity index (χ4n) is 2.83. The molecule has 142 valence electrons. The second-order valence-corrected chi connectivity index (χ2v) is 6.25. The number of anilines is 2. The molecule has 0 aliphatic carbocycles. The first kappa shape index (κ1) is 19.1. The van der Waals surface area contributed by atoms with Crippen molar-refractivity contribution in [1.29, 1.82) is 0 Å². The highest BCUT2D eigenvalue weighted by molar-refractivity contribution is 6.03. The van der Waals surface area contributed by atoms with Gasteiger partial charge in [0.05, 0.1) is 10.9 Å². The Morgan fingerprint density at radius 3 is 2.64 bits per heavy atom. The molecule has 0 fully saturated rings. The first-order valence-corrected chi connectivity index (χ1v) is 8.88. The number of rotatable bonds is 5. The molecule has 0 aliphatic rings. The number of nitrogens with one attached hydrogen (secondary N) is 2. The molecule has 0 atom stereocenters. The summed E-state index contributed by atoms with van der Waals surface area (Å²) in [6, 6.07) is 12.3. The van der Waals surface area contributed by atoms with Gasteiger partial charge in [0, 0.05) is 24.4 Å². The van der Waals surface area contributed by atoms with E-state index < -0.39 is 0 Å². The van der Waals surface area contributed by atoms with Crippen LogP contribution in [0.2, 0.25) is 0 Å². The van der Waals surface area contributed by atoms with Crippen LogP contribution in [-0.4, -0.2) is 11.8 Å². The van der Waals surface area contributed by atoms with Crippen molar-refractivity contribution in [3.05, 3.63) is 76.2 Å². The van der Waals surface area contributed by atoms with E-state index in [2.05, 4.69) is 10.6 Å². The highest BCUT2D eigenvalue weighted by atomic mass is 16.3. The number of hydrogen-bond acceptors (Lipinski definition) is 4. The number of aryl methyl sites for hydroxylation is 1. The van der Waals surface area contributed by atoms with Gasteiger partial charge in [0.2, 0.25) is 11.8 Å². The van der Waals surface area contributed by atoms with Crippen LogP contribution in [0.15, 0.2) is 64.0 Å². The van der Waals surface area contributed by atoms with Crippen molar-refractivity contribution in [3.8, 4) is 0 Å². The van der Waals surface area contributed by atoms with E-state index in [0.29, 0.717) is 28.8 Å². The van der Waals surface area contributed by atoms with Gasteiger partial charge in [-0.25, -0.2) is 0 Å². The van der Waals surface area contributed by atoms with Crippen molar-refractivity contribution in [2.24, 2.45) is 0 Å². The summed E-state index contributed by atoms with van der Waals surface area (Å²) in [5, 5.41) is 5.94. The van der Waals surface area contributed by atoms with Crippen molar-refractivity contribution < 1.29 is 14.0 Å². The zero-order chi connectivity index (χ0) is 20.1. The molecule has 0 unspecified atom stereocenters. The number of carbonyl (C=O) groups is 2. The summed E-state index contributed by atoms with van der Waals surface area (Å²) in [5.74, 6) is -0.577. The summed E-state index contributed by atoms with van der Waals surface area (Å²) in [5.41, 5.74) is 2.72. The fraction of sp³-hybridized carbons (Fsp3) is 0.136. The molecule has 0 aliphatic heterocycles. The van der Waals surface area contributed by atoms with E-state index in [1.54, 1.807) is 36.4 Å². The molecule has 0 saturated heterocycles. The minimum absolute atomic E-state index is 0.190. The lowest BCUT2D eigenvalue weighted by atomic mass is 10.1. The lowest BCUT2D eigenvalue weighted by Crippen LogP contribution is -2.12. The highest BCUT2D eigenvalue weighted by Gasteiger charge is 2.08. The van der Waals surface area contributed by atoms with Crippen molar-refractivity contribution in [1.82, 2.24) is 0 Å². The molecular weight excluding hydrogens is 356 g/mol. The third kappa shape index (κ3) is 4.35. The maximum atomic E-state index is 12.5. The molecule has 2 amide bonds. The van der Waals surface area contributed by atoms with Crippen molar-refractivity contribution in [3.63, 3.8) is 0 Å². The summed E-state index contributed by atoms with van der Waals surface area (Å²) in [6.45, 7) is 3.39. The molecular formula is C22H20N2O4. The van der Waals surface area contributed by atoms with Gasteiger partial charge in [-0.3, -0.25) is 14.4 Å². The van der Waals surface area contributed by atoms with E-state index in [-0.39, 0.29) is 22.8 Å². The van der Waals surface area contributed by atoms with Gasteiger partial charge >= 0.3 is 0 Å². The molecule has 6 nitrogen and oxygen atoms in total. The second kappa shape index (κ2) is 8.35. The predicted octanol–water partition coefficient (Wildman–Crippen LogP) is 3.97. The van der Waals surface area contributed by atoms with Crippen LogP contribution in [-0.2, 0) is 16.0 Å². The Morgan fingerprint density at radius 1 is 1.11 bits per heavy atom. The minimum Gasteiger partial charge on any atom is -0.463 e. The molecule has 0 saturated carbocycles. The zero-order valence-electron chi connectivity index (χ0n) is 15.6. The van der Waals surface area contributed by atoms with E-state index in [4.69, 9.17) is 4.42 Å². The normalized spacial score (nSPS) is 10.9. The minimum atomic E-state index is -0.387. The lowest BCUT2D eigenvalue weighted by molar-refractivity contribution is -0.114. The smallest absolute Gasteiger partial charge is 0.248 e. The van der Waals surface area contributed by atoms with Crippen LogP contribution in [0, 0.1) is 0 Å². The summed E-state index contributed by atoms with van der Waals surface area (Å²) in [7, 11) is 0. The Morgan fingerprint density at radius 2 is 1.89 bits per heavy atom. The van der Waals surface area contributed by atoms with Gasteiger partial charge in [0.25, 0.3) is 0 Å². The fourth-order valence-corrected chi connectivity index (χ4v) is 2.83. The number of para-hydroxylation sites is 1. The number of benzene rings is 2. The Balaban J connectivity index is 1.81. The highest BCUT2D eigenvalue weighted by Crippen LogP contribution is 2.22. The zero-order valence-corrected chi connectivity index (χ0v) is 15.6. The summed E-state index contributed by atoms with van der Waals surface area (Å²) >= 11 is 0. The van der Waals surface area contributed by atoms with Gasteiger partial charge in [-0.15, -0.1) is 0 Å². The number of carbonyl (C=O) groups excluding carboxylic acids is 2. The van der Waals surface area contributed by atoms with Gasteiger partial charge in [-0.1, -0.05) is 25.1 Å². The van der Waals surface area contributed by atoms with Crippen LogP contribution in [0.5, 0.6) is 0 Å². The molecule has 3 rings (SSSR count). The molecule has 28 heavy (non-hydrogen) atoms. The molecule has 0 spiro atoms. The van der Waals surface area contributed by atoms with Crippen molar-refractivity contribution >= 4 is 40.2 Å². The maximum absolute atomic E-state index is 12.5. The third-order valence-corrected chi connectivity index (χ3v) is 4.19. The van der Waals surface area contributed by atoms with Gasteiger partial charge < -0.3 is 15.1 Å². The van der Waals surface area contributed by atoms with Crippen molar-refractivity contribution in [2.45, 2.75) is 20.3 Å². The first-order valence-electron chi connectivity index (χ1n) is 8.88. The first-order chi connectivity index (χ1) is 13.5. The average molecular weight is 376 g/mol. The maximum Gasteiger partial charge on any atom is 0.248 e. The predicted molar refractivity (Wildman–Crippen MR) is 110 cm³/mol. The average Bonchev–Trinajstić information content (AvgIpc) is 2.67. The Bertz CT molecular complexity index is 1130. The Labute approximate surface area is 161 Å². The standard InChI is InChI=1S/C22H20N2O4/c1-3-15-8-10-17(23-14(2)25)12-19(15)24-21(26)11-9-16-13-28-20-7-5-4-6-18(20)22(16)27/h4-13H,3H2,1-2H3,(H,23,25)(H,24,26)/b11-9+. The topological polar surface area (TPSA) is 88.4 Å². The Hall–Kier alpha value is -3.67. The van der Waals surface area contributed by atoms with E-state index in [9.17, 15) is 14.4 Å². The van der Waals surface area contributed by atoms with E-state index in [1.807, 2.05) is 13.0 Å². The van der Waals surface area contributed by atoms with Crippen LogP contribution in [0.4, 0.5) is 11.4 Å². The quantitative estimate of drug-likeness (QED) is 0.660. The Kier molecular flexibility index (Phi) is 5.69. The molecule has 1 heterocycles. The van der Waals surface area contributed by atoms with Gasteiger partial charge in [0.1, 0.15) is 11.8 Å². The monoisotopic (exact) mass is 376 g/mol. The van der Waals surface area contributed by atoms with Crippen LogP contribution in [0.3, 0.4) is 0 Å². The van der Waals surface area contributed by atoms with Crippen molar-refractivity contribution in [2.75, 3.05) is 10.6 Å². The van der Waals surface area contributed by atoms with Crippen LogP contribution >= 0.6 is 0 Å². The molecule has 0 bridgehead atoms. The summed E-state index contributed by atoms with van der Waals surface area (Å²) in [6.07, 6.45) is 4.76. The largest absolute Gasteiger partial charge is 0.463 e. The van der Waals surface area contributed by atoms with E-state index in [0.717, 1.165) is 5.56 Å². The van der Waals surface area contributed by atoms with Gasteiger partial charge in [0.15, 0.2) is 5.43 Å². The third-order valence-electron chi connectivity index (χ3n) is 4.19. The number of amides is 2. The molecule has 3 aromatic rings. The molecule has 2 aromatic carbocycles. The number of fused-ring (bicyclic) bond motifs is 1. The van der Waals surface area contributed by atoms with Crippen LogP contribution in [0.1, 0.15) is 25.0 Å². The molecule has 2 N–H and O–H groups in total. The van der Waals surface area contributed by atoms with Crippen LogP contribution in [0.25, 0.3) is 17.0 Å². The van der Waals surface area contributed by atoms with E-state index >= 15 is 0 Å². The second-order valence-electron chi connectivity index (χ2n) is 6.25. The lowest BCUT2D eigenvalue weighted by Gasteiger charge is -2.11. The summed E-state index contributed by atoms with van der Waals surface area (Å²) < 4.78 is 5.44. The molecule has 6 heteroatoms. The summed E-state index contributed by atoms with van der Waals surface area (Å²) in [4.78, 5) is 36.0. The SMILES string of the molecule is CCc1ccc(NC(C)=O)cc1NC(=O)/C=C/c1coc2ccccc2c1=O. The van der Waals surface area contributed by atoms with Gasteiger partial charge in [-0.05, 0) is 42.3 Å². The van der Waals surface area contributed by atoms with Gasteiger partial charge in [-0.2, -0.15) is 0 Å². The van der Waals surface area contributed by atoms with E-state index in [1.165, 1.54) is 25.3 Å². The van der Waals surface area contributed by atoms with Crippen LogP contribution < -0.4 is 16.1 Å².